The molecule has 0 bridgehead atoms. The van der Waals surface area contributed by atoms with Crippen molar-refractivity contribution in [3.8, 4) is 0 Å². The molecule has 5 heterocycles. The number of amides is 3. The Bertz CT molecular complexity index is 2360. The normalized spacial score (nSPS) is 24.0. The van der Waals surface area contributed by atoms with E-state index < -0.39 is 41.8 Å². The second-order valence-electron chi connectivity index (χ2n) is 14.9. The number of alkyl halides is 4. The molecule has 3 aliphatic rings. The number of imide groups is 1. The molecule has 5 aromatic rings. The van der Waals surface area contributed by atoms with Crippen LogP contribution >= 0.6 is 11.3 Å². The molecule has 3 aromatic heterocycles. The SMILES string of the molecule is Cn1c(=O)n(C2CCC(=O)NC2=O)c2cccc([C@H]3CCN(CC4CCC(c5nc6ccc(NC(=O)c7cccc(C(F)(F)F)n7)cc6s5)CC4)C[C@@H]3F)c21. The molecule has 55 heavy (non-hydrogen) atoms. The first-order chi connectivity index (χ1) is 26.3. The van der Waals surface area contributed by atoms with E-state index in [4.69, 9.17) is 4.98 Å². The third-order valence-corrected chi connectivity index (χ3v) is 12.5. The number of aryl methyl sites for hydroxylation is 1. The van der Waals surface area contributed by atoms with Crippen molar-refractivity contribution >= 4 is 56.0 Å². The minimum atomic E-state index is -4.65. The van der Waals surface area contributed by atoms with E-state index in [1.54, 1.807) is 42.6 Å². The minimum absolute atomic E-state index is 0.147. The maximum absolute atomic E-state index is 16.1. The number of piperidine rings is 2. The molecule has 8 rings (SSSR count). The quantitative estimate of drug-likeness (QED) is 0.139. The van der Waals surface area contributed by atoms with Gasteiger partial charge in [-0.3, -0.25) is 28.8 Å². The highest BCUT2D eigenvalue weighted by Gasteiger charge is 2.37. The van der Waals surface area contributed by atoms with Gasteiger partial charge in [0.25, 0.3) is 5.91 Å². The summed E-state index contributed by atoms with van der Waals surface area (Å²) in [6.45, 7) is 1.82. The van der Waals surface area contributed by atoms with Gasteiger partial charge in [-0.2, -0.15) is 13.2 Å². The average Bonchev–Trinajstić information content (AvgIpc) is 3.69. The lowest BCUT2D eigenvalue weighted by Gasteiger charge is -2.38. The Kier molecular flexibility index (Phi) is 9.82. The highest BCUT2D eigenvalue weighted by atomic mass is 32.1. The number of rotatable bonds is 7. The summed E-state index contributed by atoms with van der Waals surface area (Å²) in [6.07, 6.45) is -0.943. The molecular formula is C39H39F4N7O4S. The van der Waals surface area contributed by atoms with Crippen LogP contribution in [0.3, 0.4) is 0 Å². The summed E-state index contributed by atoms with van der Waals surface area (Å²) >= 11 is 1.55. The number of nitrogens with zero attached hydrogens (tertiary/aromatic N) is 5. The van der Waals surface area contributed by atoms with E-state index in [1.807, 2.05) is 12.1 Å². The van der Waals surface area contributed by atoms with Crippen molar-refractivity contribution in [2.45, 2.75) is 75.2 Å². The number of aromatic nitrogens is 4. The molecule has 16 heteroatoms. The van der Waals surface area contributed by atoms with Crippen LogP contribution in [0.4, 0.5) is 23.2 Å². The van der Waals surface area contributed by atoms with Gasteiger partial charge in [0.1, 0.15) is 23.6 Å². The number of thiazole rings is 1. The summed E-state index contributed by atoms with van der Waals surface area (Å²) in [5.74, 6) is -1.29. The third kappa shape index (κ3) is 7.29. The Morgan fingerprint density at radius 3 is 2.51 bits per heavy atom. The topological polar surface area (TPSA) is 131 Å². The number of likely N-dealkylation sites (tertiary alicyclic amines) is 1. The molecule has 1 aliphatic carbocycles. The van der Waals surface area contributed by atoms with Gasteiger partial charge in [0.2, 0.25) is 11.8 Å². The third-order valence-electron chi connectivity index (χ3n) is 11.3. The van der Waals surface area contributed by atoms with E-state index in [1.165, 1.54) is 15.2 Å². The summed E-state index contributed by atoms with van der Waals surface area (Å²) in [5.41, 5.74) is 1.36. The van der Waals surface area contributed by atoms with Gasteiger partial charge in [-0.15, -0.1) is 11.3 Å². The molecule has 0 spiro atoms. The Hall–Kier alpha value is -4.96. The zero-order valence-electron chi connectivity index (χ0n) is 29.9. The monoisotopic (exact) mass is 777 g/mol. The van der Waals surface area contributed by atoms with E-state index in [0.29, 0.717) is 35.6 Å². The van der Waals surface area contributed by atoms with Crippen LogP contribution in [0.5, 0.6) is 0 Å². The predicted octanol–water partition coefficient (Wildman–Crippen LogP) is 6.69. The number of anilines is 1. The second kappa shape index (κ2) is 14.6. The number of pyridine rings is 1. The highest BCUT2D eigenvalue weighted by Crippen LogP contribution is 2.41. The van der Waals surface area contributed by atoms with E-state index in [2.05, 4.69) is 20.5 Å². The molecule has 3 fully saturated rings. The maximum Gasteiger partial charge on any atom is 0.433 e. The fourth-order valence-electron chi connectivity index (χ4n) is 8.55. The van der Waals surface area contributed by atoms with Crippen LogP contribution in [0.2, 0.25) is 0 Å². The Labute approximate surface area is 316 Å². The molecule has 2 aliphatic heterocycles. The van der Waals surface area contributed by atoms with E-state index >= 15 is 4.39 Å². The van der Waals surface area contributed by atoms with Crippen molar-refractivity contribution in [2.24, 2.45) is 13.0 Å². The molecular weight excluding hydrogens is 739 g/mol. The van der Waals surface area contributed by atoms with Gasteiger partial charge in [0, 0.05) is 44.1 Å². The lowest BCUT2D eigenvalue weighted by molar-refractivity contribution is -0.141. The van der Waals surface area contributed by atoms with Crippen molar-refractivity contribution in [1.82, 2.24) is 29.3 Å². The van der Waals surface area contributed by atoms with Crippen molar-refractivity contribution < 1.29 is 31.9 Å². The number of nitrogens with one attached hydrogen (secondary N) is 2. The molecule has 2 saturated heterocycles. The lowest BCUT2D eigenvalue weighted by atomic mass is 9.81. The Morgan fingerprint density at radius 1 is 0.982 bits per heavy atom. The molecule has 0 radical (unpaired) electrons. The number of para-hydroxylation sites is 1. The van der Waals surface area contributed by atoms with Crippen molar-refractivity contribution in [3.05, 3.63) is 87.0 Å². The van der Waals surface area contributed by atoms with Gasteiger partial charge in [-0.05, 0) is 92.9 Å². The predicted molar refractivity (Wildman–Crippen MR) is 199 cm³/mol. The first kappa shape index (κ1) is 37.0. The number of fused-ring (bicyclic) bond motifs is 2. The number of carbonyl (C=O) groups is 3. The number of halogens is 4. The van der Waals surface area contributed by atoms with Crippen LogP contribution in [0, 0.1) is 5.92 Å². The van der Waals surface area contributed by atoms with Crippen molar-refractivity contribution in [1.29, 1.82) is 0 Å². The van der Waals surface area contributed by atoms with Crippen LogP contribution in [-0.2, 0) is 22.8 Å². The van der Waals surface area contributed by atoms with E-state index in [0.717, 1.165) is 71.7 Å². The van der Waals surface area contributed by atoms with Gasteiger partial charge in [0.15, 0.2) is 0 Å². The first-order valence-corrected chi connectivity index (χ1v) is 19.3. The van der Waals surface area contributed by atoms with Crippen molar-refractivity contribution in [2.75, 3.05) is 25.0 Å². The minimum Gasteiger partial charge on any atom is -0.321 e. The number of hydrogen-bond acceptors (Lipinski definition) is 8. The summed E-state index contributed by atoms with van der Waals surface area (Å²) in [7, 11) is 1.65. The molecule has 1 unspecified atom stereocenters. The highest BCUT2D eigenvalue weighted by molar-refractivity contribution is 7.18. The molecule has 1 saturated carbocycles. The summed E-state index contributed by atoms with van der Waals surface area (Å²) in [6, 6.07) is 13.1. The maximum atomic E-state index is 16.1. The summed E-state index contributed by atoms with van der Waals surface area (Å²) in [4.78, 5) is 61.0. The number of benzene rings is 2. The molecule has 2 N–H and O–H groups in total. The fraction of sp³-hybridized carbons (Fsp3) is 0.436. The number of imidazole rings is 1. The van der Waals surface area contributed by atoms with Crippen LogP contribution < -0.4 is 16.3 Å². The number of hydrogen-bond donors (Lipinski definition) is 2. The van der Waals surface area contributed by atoms with Crippen molar-refractivity contribution in [3.63, 3.8) is 0 Å². The van der Waals surface area contributed by atoms with E-state index in [9.17, 15) is 32.3 Å². The van der Waals surface area contributed by atoms with E-state index in [-0.39, 0.29) is 36.1 Å². The average molecular weight is 778 g/mol. The molecule has 3 amide bonds. The van der Waals surface area contributed by atoms with Gasteiger partial charge in [0.05, 0.1) is 26.3 Å². The smallest absolute Gasteiger partial charge is 0.321 e. The fourth-order valence-corrected chi connectivity index (χ4v) is 9.72. The van der Waals surface area contributed by atoms with Gasteiger partial charge < -0.3 is 10.2 Å². The molecule has 288 valence electrons. The van der Waals surface area contributed by atoms with Crippen LogP contribution in [0.1, 0.15) is 89.6 Å². The van der Waals surface area contributed by atoms with Crippen LogP contribution in [0.15, 0.2) is 59.4 Å². The van der Waals surface area contributed by atoms with Gasteiger partial charge in [-0.1, -0.05) is 18.2 Å². The summed E-state index contributed by atoms with van der Waals surface area (Å²) in [5, 5.41) is 5.99. The van der Waals surface area contributed by atoms with Crippen LogP contribution in [-0.4, -0.2) is 67.5 Å². The molecule has 2 aromatic carbocycles. The summed E-state index contributed by atoms with van der Waals surface area (Å²) < 4.78 is 59.1. The number of carbonyl (C=O) groups excluding carboxylic acids is 3. The van der Waals surface area contributed by atoms with Gasteiger partial charge in [-0.25, -0.2) is 19.2 Å². The standard InChI is InChI=1S/C39H39F4N7O4S/c1-48-34-25(4-2-6-29(34)50(38(48)54)30-14-15-33(51)47-36(30)53)24-16-17-49(20-26(24)40)19-21-8-10-22(11-9-21)37-46-27-13-12-23(18-31(27)55-37)44-35(52)28-5-3-7-32(45-28)39(41,42)43/h2-7,12-13,18,21-22,24,26,30H,8-11,14-17,19-20H2,1H3,(H,44,52)(H,47,51,53)/t21?,22?,24-,26+,30?/m1/s1. The lowest BCUT2D eigenvalue weighted by Crippen LogP contribution is -2.44. The first-order valence-electron chi connectivity index (χ1n) is 18.5. The van der Waals surface area contributed by atoms with Crippen LogP contribution in [0.25, 0.3) is 21.3 Å². The second-order valence-corrected chi connectivity index (χ2v) is 15.9. The Morgan fingerprint density at radius 2 is 1.76 bits per heavy atom. The zero-order chi connectivity index (χ0) is 38.6. The van der Waals surface area contributed by atoms with Gasteiger partial charge >= 0.3 is 11.9 Å². The Balaban J connectivity index is 0.872. The zero-order valence-corrected chi connectivity index (χ0v) is 30.8. The molecule has 11 nitrogen and oxygen atoms in total. The molecule has 3 atom stereocenters. The largest absolute Gasteiger partial charge is 0.433 e.